The van der Waals surface area contributed by atoms with Gasteiger partial charge >= 0.3 is 5.97 Å². The highest BCUT2D eigenvalue weighted by Crippen LogP contribution is 2.14. The molecule has 0 atom stereocenters. The molecule has 0 aromatic carbocycles. The van der Waals surface area contributed by atoms with Crippen LogP contribution in [0.3, 0.4) is 0 Å². The van der Waals surface area contributed by atoms with Gasteiger partial charge in [-0.1, -0.05) is 11.3 Å². The van der Waals surface area contributed by atoms with E-state index in [-0.39, 0.29) is 19.1 Å². The van der Waals surface area contributed by atoms with E-state index in [0.29, 0.717) is 24.6 Å². The Hall–Kier alpha value is -2.75. The third kappa shape index (κ3) is 5.12. The summed E-state index contributed by atoms with van der Waals surface area (Å²) < 4.78 is 7.29. The molecule has 2 rings (SSSR count). The van der Waals surface area contributed by atoms with Gasteiger partial charge in [0.05, 0.1) is 17.0 Å². The number of likely N-dealkylation sites (N-methyl/N-ethyl adjacent to an activating group) is 1. The Balaban J connectivity index is 1.90. The van der Waals surface area contributed by atoms with Gasteiger partial charge in [-0.3, -0.25) is 10.2 Å². The number of nitrogens with zero attached hydrogens (tertiary/aromatic N) is 4. The zero-order valence-corrected chi connectivity index (χ0v) is 16.0. The number of carbonyl (C=O) groups is 1. The standard InChI is InChI=1S/C16H24N7O2S/c1-10-13(4-5-25-14(24)8-22(3)16(18)19)26-9-23(10)7-12-6-20-11(2)21-15(12)17/h6,9H,4-5,7-8H2,1-3H3,(H3,18,19)(H2,17,20,21)/q+1. The number of nitrogens with one attached hydrogen (secondary N) is 1. The molecule has 2 aromatic rings. The number of thiazole rings is 1. The lowest BCUT2D eigenvalue weighted by molar-refractivity contribution is -0.689. The van der Waals surface area contributed by atoms with E-state index >= 15 is 0 Å². The van der Waals surface area contributed by atoms with Crippen LogP contribution in [0.4, 0.5) is 5.82 Å². The third-order valence-electron chi connectivity index (χ3n) is 3.89. The summed E-state index contributed by atoms with van der Waals surface area (Å²) in [6, 6.07) is 0. The summed E-state index contributed by atoms with van der Waals surface area (Å²) in [4.78, 5) is 22.5. The first-order chi connectivity index (χ1) is 12.3. The molecule has 0 amide bonds. The molecule has 5 N–H and O–H groups in total. The molecule has 0 spiro atoms. The van der Waals surface area contributed by atoms with Crippen LogP contribution in [0.2, 0.25) is 0 Å². The van der Waals surface area contributed by atoms with Crippen molar-refractivity contribution in [2.45, 2.75) is 26.8 Å². The average Bonchev–Trinajstić information content (AvgIpc) is 2.90. The summed E-state index contributed by atoms with van der Waals surface area (Å²) in [7, 11) is 1.57. The molecular formula is C16H24N7O2S+. The molecule has 0 aliphatic rings. The highest BCUT2D eigenvalue weighted by atomic mass is 32.1. The topological polar surface area (TPSA) is 135 Å². The molecule has 140 valence electrons. The molecule has 2 aromatic heterocycles. The van der Waals surface area contributed by atoms with Crippen molar-refractivity contribution in [1.29, 1.82) is 5.41 Å². The van der Waals surface area contributed by atoms with Crippen molar-refractivity contribution in [3.8, 4) is 0 Å². The maximum atomic E-state index is 11.7. The van der Waals surface area contributed by atoms with Gasteiger partial charge in [0, 0.05) is 26.6 Å². The van der Waals surface area contributed by atoms with Crippen molar-refractivity contribution >= 4 is 29.1 Å². The number of carbonyl (C=O) groups excluding carboxylic acids is 1. The number of rotatable bonds is 7. The van der Waals surface area contributed by atoms with Crippen LogP contribution in [0.5, 0.6) is 0 Å². The summed E-state index contributed by atoms with van der Waals surface area (Å²) in [5, 5.41) is 7.23. The minimum absolute atomic E-state index is 0.0363. The Labute approximate surface area is 156 Å². The van der Waals surface area contributed by atoms with Crippen molar-refractivity contribution in [1.82, 2.24) is 14.9 Å². The normalized spacial score (nSPS) is 10.6. The zero-order chi connectivity index (χ0) is 19.3. The number of anilines is 1. The van der Waals surface area contributed by atoms with E-state index in [1.54, 1.807) is 31.5 Å². The molecular weight excluding hydrogens is 354 g/mol. The smallest absolute Gasteiger partial charge is 0.325 e. The molecule has 0 radical (unpaired) electrons. The van der Waals surface area contributed by atoms with Crippen LogP contribution < -0.4 is 16.0 Å². The first-order valence-electron chi connectivity index (χ1n) is 8.03. The number of ether oxygens (including phenoxy) is 1. The van der Waals surface area contributed by atoms with E-state index in [1.807, 2.05) is 12.4 Å². The number of hydrogen-bond acceptors (Lipinski definition) is 7. The van der Waals surface area contributed by atoms with Crippen molar-refractivity contribution in [2.75, 3.05) is 25.9 Å². The molecule has 10 heteroatoms. The first-order valence-corrected chi connectivity index (χ1v) is 8.91. The summed E-state index contributed by atoms with van der Waals surface area (Å²) in [6.07, 6.45) is 2.37. The van der Waals surface area contributed by atoms with Crippen LogP contribution >= 0.6 is 11.3 Å². The van der Waals surface area contributed by atoms with E-state index in [9.17, 15) is 4.79 Å². The molecule has 26 heavy (non-hydrogen) atoms. The van der Waals surface area contributed by atoms with Gasteiger partial charge in [-0.2, -0.15) is 4.57 Å². The van der Waals surface area contributed by atoms with Crippen LogP contribution in [0.1, 0.15) is 22.0 Å². The predicted octanol–water partition coefficient (Wildman–Crippen LogP) is -0.0161. The van der Waals surface area contributed by atoms with Gasteiger partial charge in [0.2, 0.25) is 5.51 Å². The molecule has 0 saturated carbocycles. The number of aryl methyl sites for hydroxylation is 1. The summed E-state index contributed by atoms with van der Waals surface area (Å²) in [5.74, 6) is 0.558. The quantitative estimate of drug-likeness (QED) is 0.267. The SMILES string of the molecule is Cc1ncc(C[n+]2csc(CCOC(=O)CN(C)C(=N)N)c2C)c(N)n1. The molecule has 9 nitrogen and oxygen atoms in total. The number of guanidine groups is 1. The number of hydrogen-bond donors (Lipinski definition) is 3. The highest BCUT2D eigenvalue weighted by molar-refractivity contribution is 7.09. The second-order valence-corrected chi connectivity index (χ2v) is 6.84. The van der Waals surface area contributed by atoms with Crippen molar-refractivity contribution in [2.24, 2.45) is 5.73 Å². The molecule has 0 bridgehead atoms. The number of nitrogens with two attached hydrogens (primary N) is 2. The van der Waals surface area contributed by atoms with Gasteiger partial charge in [0.15, 0.2) is 18.2 Å². The number of nitrogen functional groups attached to an aromatic ring is 1. The molecule has 2 heterocycles. The van der Waals surface area contributed by atoms with Crippen LogP contribution in [0, 0.1) is 19.3 Å². The van der Waals surface area contributed by atoms with Gasteiger partial charge in [-0.25, -0.2) is 9.97 Å². The fraction of sp³-hybridized carbons (Fsp3) is 0.438. The summed E-state index contributed by atoms with van der Waals surface area (Å²) in [5.41, 5.74) is 15.2. The van der Waals surface area contributed by atoms with Gasteiger partial charge in [0.1, 0.15) is 18.2 Å². The van der Waals surface area contributed by atoms with E-state index in [2.05, 4.69) is 14.5 Å². The number of esters is 1. The highest BCUT2D eigenvalue weighted by Gasteiger charge is 2.18. The fourth-order valence-electron chi connectivity index (χ4n) is 2.25. The van der Waals surface area contributed by atoms with Crippen LogP contribution in [-0.2, 0) is 22.5 Å². The molecule has 0 fully saturated rings. The average molecular weight is 378 g/mol. The lowest BCUT2D eigenvalue weighted by atomic mass is 10.2. The Morgan fingerprint density at radius 2 is 2.19 bits per heavy atom. The molecule has 0 unspecified atom stereocenters. The predicted molar refractivity (Wildman–Crippen MR) is 98.7 cm³/mol. The minimum Gasteiger partial charge on any atom is -0.464 e. The Morgan fingerprint density at radius 1 is 1.46 bits per heavy atom. The van der Waals surface area contributed by atoms with Gasteiger partial charge in [-0.15, -0.1) is 0 Å². The molecule has 0 aliphatic carbocycles. The molecule has 0 aliphatic heterocycles. The van der Waals surface area contributed by atoms with E-state index in [1.165, 1.54) is 4.90 Å². The van der Waals surface area contributed by atoms with Crippen molar-refractivity contribution in [3.05, 3.63) is 33.7 Å². The summed E-state index contributed by atoms with van der Waals surface area (Å²) >= 11 is 1.60. The largest absolute Gasteiger partial charge is 0.464 e. The van der Waals surface area contributed by atoms with Crippen molar-refractivity contribution in [3.63, 3.8) is 0 Å². The third-order valence-corrected chi connectivity index (χ3v) is 5.03. The minimum atomic E-state index is -0.408. The lowest BCUT2D eigenvalue weighted by Gasteiger charge is -2.15. The van der Waals surface area contributed by atoms with E-state index in [0.717, 1.165) is 16.1 Å². The second kappa shape index (κ2) is 8.56. The van der Waals surface area contributed by atoms with Crippen LogP contribution in [-0.4, -0.2) is 47.0 Å². The second-order valence-electron chi connectivity index (χ2n) is 5.90. The van der Waals surface area contributed by atoms with Gasteiger partial charge < -0.3 is 21.1 Å². The lowest BCUT2D eigenvalue weighted by Crippen LogP contribution is -2.37. The Morgan fingerprint density at radius 3 is 2.85 bits per heavy atom. The zero-order valence-electron chi connectivity index (χ0n) is 15.2. The van der Waals surface area contributed by atoms with Crippen LogP contribution in [0.15, 0.2) is 11.7 Å². The van der Waals surface area contributed by atoms with Gasteiger partial charge in [-0.05, 0) is 6.92 Å². The maximum absolute atomic E-state index is 11.7. The maximum Gasteiger partial charge on any atom is 0.325 e. The van der Waals surface area contributed by atoms with E-state index in [4.69, 9.17) is 21.6 Å². The Kier molecular flexibility index (Phi) is 6.45. The first kappa shape index (κ1) is 19.6. The molecule has 0 saturated heterocycles. The van der Waals surface area contributed by atoms with Crippen molar-refractivity contribution < 1.29 is 14.1 Å². The Bertz CT molecular complexity index is 806. The monoisotopic (exact) mass is 378 g/mol. The summed E-state index contributed by atoms with van der Waals surface area (Å²) in [6.45, 7) is 4.66. The van der Waals surface area contributed by atoms with E-state index < -0.39 is 5.97 Å². The van der Waals surface area contributed by atoms with Crippen LogP contribution in [0.25, 0.3) is 0 Å². The van der Waals surface area contributed by atoms with Gasteiger partial charge in [0.25, 0.3) is 0 Å². The number of aromatic nitrogens is 3. The fourth-order valence-corrected chi connectivity index (χ4v) is 3.22.